The van der Waals surface area contributed by atoms with Crippen molar-refractivity contribution in [1.29, 1.82) is 0 Å². The first-order valence-electron chi connectivity index (χ1n) is 6.58. The van der Waals surface area contributed by atoms with Crippen LogP contribution in [-0.2, 0) is 4.79 Å². The number of ketones is 1. The molecule has 1 atom stereocenters. The molecule has 2 rings (SSSR count). The van der Waals surface area contributed by atoms with Gasteiger partial charge in [0.1, 0.15) is 5.78 Å². The zero-order valence-electron chi connectivity index (χ0n) is 10.5. The minimum Gasteiger partial charge on any atom is -0.299 e. The maximum absolute atomic E-state index is 11.6. The third-order valence-electron chi connectivity index (χ3n) is 3.95. The van der Waals surface area contributed by atoms with Gasteiger partial charge < -0.3 is 0 Å². The fourth-order valence-electron chi connectivity index (χ4n) is 2.77. The van der Waals surface area contributed by atoms with Crippen molar-refractivity contribution in [2.75, 3.05) is 0 Å². The van der Waals surface area contributed by atoms with E-state index in [9.17, 15) is 4.79 Å². The molecule has 1 saturated carbocycles. The highest BCUT2D eigenvalue weighted by Gasteiger charge is 2.25. The van der Waals surface area contributed by atoms with Crippen LogP contribution in [0.4, 0.5) is 0 Å². The first-order chi connectivity index (χ1) is 7.66. The van der Waals surface area contributed by atoms with Crippen molar-refractivity contribution in [3.05, 3.63) is 23.3 Å². The number of allylic oxidation sites excluding steroid dienone is 4. The number of rotatable bonds is 3. The lowest BCUT2D eigenvalue weighted by Crippen LogP contribution is -2.09. The fraction of sp³-hybridized carbons (Fsp3) is 0.667. The molecule has 88 valence electrons. The third-order valence-corrected chi connectivity index (χ3v) is 3.95. The van der Waals surface area contributed by atoms with Crippen LogP contribution < -0.4 is 0 Å². The Balaban J connectivity index is 1.94. The molecular formula is C15H22O. The molecule has 0 amide bonds. The van der Waals surface area contributed by atoms with Crippen LogP contribution in [0.2, 0.25) is 0 Å². The molecular weight excluding hydrogens is 196 g/mol. The van der Waals surface area contributed by atoms with Gasteiger partial charge in [0.15, 0.2) is 0 Å². The fourth-order valence-corrected chi connectivity index (χ4v) is 2.77. The van der Waals surface area contributed by atoms with Gasteiger partial charge in [-0.15, -0.1) is 0 Å². The molecule has 0 radical (unpaired) electrons. The summed E-state index contributed by atoms with van der Waals surface area (Å²) in [6.07, 6.45) is 11.0. The highest BCUT2D eigenvalue weighted by atomic mass is 16.1. The van der Waals surface area contributed by atoms with Crippen LogP contribution in [0.3, 0.4) is 0 Å². The molecule has 0 bridgehead atoms. The van der Waals surface area contributed by atoms with Gasteiger partial charge in [-0.2, -0.15) is 0 Å². The molecule has 1 fully saturated rings. The molecule has 1 heteroatoms. The van der Waals surface area contributed by atoms with Crippen LogP contribution in [0.25, 0.3) is 0 Å². The number of carbonyl (C=O) groups excluding carboxylic acids is 1. The second-order valence-electron chi connectivity index (χ2n) is 5.48. The zero-order valence-corrected chi connectivity index (χ0v) is 10.5. The summed E-state index contributed by atoms with van der Waals surface area (Å²) in [7, 11) is 0. The minimum absolute atomic E-state index is 0.347. The second kappa shape index (κ2) is 4.99. The van der Waals surface area contributed by atoms with Crippen molar-refractivity contribution in [2.45, 2.75) is 52.4 Å². The van der Waals surface area contributed by atoms with Gasteiger partial charge in [0.2, 0.25) is 0 Å². The minimum atomic E-state index is 0.347. The van der Waals surface area contributed by atoms with Crippen LogP contribution in [0.15, 0.2) is 23.3 Å². The summed E-state index contributed by atoms with van der Waals surface area (Å²) in [6.45, 7) is 4.51. The molecule has 2 aliphatic carbocycles. The maximum atomic E-state index is 11.6. The molecule has 0 aromatic rings. The van der Waals surface area contributed by atoms with E-state index in [0.29, 0.717) is 17.6 Å². The molecule has 0 aromatic carbocycles. The Morgan fingerprint density at radius 3 is 2.56 bits per heavy atom. The maximum Gasteiger partial charge on any atom is 0.136 e. The van der Waals surface area contributed by atoms with Gasteiger partial charge in [-0.05, 0) is 38.0 Å². The second-order valence-corrected chi connectivity index (χ2v) is 5.48. The van der Waals surface area contributed by atoms with Crippen molar-refractivity contribution in [1.82, 2.24) is 0 Å². The summed E-state index contributed by atoms with van der Waals surface area (Å²) in [5.74, 6) is 1.52. The van der Waals surface area contributed by atoms with Crippen LogP contribution in [-0.4, -0.2) is 5.78 Å². The van der Waals surface area contributed by atoms with Crippen LogP contribution >= 0.6 is 0 Å². The molecule has 0 aliphatic heterocycles. The van der Waals surface area contributed by atoms with Gasteiger partial charge >= 0.3 is 0 Å². The van der Waals surface area contributed by atoms with Crippen LogP contribution in [0.5, 0.6) is 0 Å². The van der Waals surface area contributed by atoms with E-state index >= 15 is 0 Å². The smallest absolute Gasteiger partial charge is 0.136 e. The summed E-state index contributed by atoms with van der Waals surface area (Å²) < 4.78 is 0. The SMILES string of the molecule is CC(C)C1=CC=C(CC2CCCC2=O)CC1. The van der Waals surface area contributed by atoms with Crippen molar-refractivity contribution < 1.29 is 4.79 Å². The number of Topliss-reactive ketones (excluding diaryl/α,β-unsaturated/α-hetero) is 1. The molecule has 1 unspecified atom stereocenters. The Labute approximate surface area is 98.6 Å². The molecule has 1 nitrogen and oxygen atoms in total. The van der Waals surface area contributed by atoms with Gasteiger partial charge in [0.25, 0.3) is 0 Å². The first-order valence-corrected chi connectivity index (χ1v) is 6.58. The Morgan fingerprint density at radius 2 is 2.06 bits per heavy atom. The van der Waals surface area contributed by atoms with E-state index in [1.807, 2.05) is 0 Å². The Hall–Kier alpha value is -0.850. The summed E-state index contributed by atoms with van der Waals surface area (Å²) in [5.41, 5.74) is 3.05. The largest absolute Gasteiger partial charge is 0.299 e. The van der Waals surface area contributed by atoms with Crippen LogP contribution in [0.1, 0.15) is 52.4 Å². The summed E-state index contributed by atoms with van der Waals surface area (Å²) in [6, 6.07) is 0. The molecule has 0 aromatic heterocycles. The number of hydrogen-bond donors (Lipinski definition) is 0. The summed E-state index contributed by atoms with van der Waals surface area (Å²) in [5, 5.41) is 0. The highest BCUT2D eigenvalue weighted by Crippen LogP contribution is 2.32. The predicted octanol–water partition coefficient (Wildman–Crippen LogP) is 4.05. The highest BCUT2D eigenvalue weighted by molar-refractivity contribution is 5.83. The van der Waals surface area contributed by atoms with Gasteiger partial charge in [0, 0.05) is 12.3 Å². The third kappa shape index (κ3) is 2.63. The molecule has 0 N–H and O–H groups in total. The molecule has 16 heavy (non-hydrogen) atoms. The van der Waals surface area contributed by atoms with E-state index in [-0.39, 0.29) is 0 Å². The van der Waals surface area contributed by atoms with Gasteiger partial charge in [0.05, 0.1) is 0 Å². The number of carbonyl (C=O) groups is 1. The first kappa shape index (κ1) is 11.6. The zero-order chi connectivity index (χ0) is 11.5. The van der Waals surface area contributed by atoms with Crippen molar-refractivity contribution >= 4 is 5.78 Å². The summed E-state index contributed by atoms with van der Waals surface area (Å²) >= 11 is 0. The predicted molar refractivity (Wildman–Crippen MR) is 67.2 cm³/mol. The van der Waals surface area contributed by atoms with Crippen molar-refractivity contribution in [3.8, 4) is 0 Å². The molecule has 0 saturated heterocycles. The average Bonchev–Trinajstić information content (AvgIpc) is 2.65. The normalized spacial score (nSPS) is 25.9. The van der Waals surface area contributed by atoms with E-state index in [1.165, 1.54) is 18.4 Å². The lowest BCUT2D eigenvalue weighted by molar-refractivity contribution is -0.120. The van der Waals surface area contributed by atoms with Crippen LogP contribution in [0, 0.1) is 11.8 Å². The quantitative estimate of drug-likeness (QED) is 0.698. The number of hydrogen-bond acceptors (Lipinski definition) is 1. The average molecular weight is 218 g/mol. The van der Waals surface area contributed by atoms with E-state index in [4.69, 9.17) is 0 Å². The lowest BCUT2D eigenvalue weighted by Gasteiger charge is -2.19. The Bertz CT molecular complexity index is 333. The Kier molecular flexibility index (Phi) is 3.63. The molecule has 0 spiro atoms. The lowest BCUT2D eigenvalue weighted by atomic mass is 9.87. The van der Waals surface area contributed by atoms with E-state index in [1.54, 1.807) is 5.57 Å². The summed E-state index contributed by atoms with van der Waals surface area (Å²) in [4.78, 5) is 11.6. The molecule has 0 heterocycles. The van der Waals surface area contributed by atoms with E-state index < -0.39 is 0 Å². The van der Waals surface area contributed by atoms with Gasteiger partial charge in [-0.1, -0.05) is 37.1 Å². The topological polar surface area (TPSA) is 17.1 Å². The van der Waals surface area contributed by atoms with E-state index in [0.717, 1.165) is 25.7 Å². The monoisotopic (exact) mass is 218 g/mol. The molecule has 2 aliphatic rings. The van der Waals surface area contributed by atoms with E-state index in [2.05, 4.69) is 26.0 Å². The Morgan fingerprint density at radius 1 is 1.25 bits per heavy atom. The van der Waals surface area contributed by atoms with Crippen molar-refractivity contribution in [2.24, 2.45) is 11.8 Å². The van der Waals surface area contributed by atoms with Gasteiger partial charge in [-0.25, -0.2) is 0 Å². The standard InChI is InChI=1S/C15H22O/c1-11(2)13-8-6-12(7-9-13)10-14-4-3-5-15(14)16/h6,8,11,14H,3-5,7,9-10H2,1-2H3. The van der Waals surface area contributed by atoms with Gasteiger partial charge in [-0.3, -0.25) is 4.79 Å². The van der Waals surface area contributed by atoms with Crippen molar-refractivity contribution in [3.63, 3.8) is 0 Å².